The van der Waals surface area contributed by atoms with Crippen LogP contribution in [-0.4, -0.2) is 72.0 Å². The van der Waals surface area contributed by atoms with E-state index in [9.17, 15) is 38.0 Å². The van der Waals surface area contributed by atoms with Gasteiger partial charge in [-0.3, -0.25) is 0 Å². The quantitative estimate of drug-likeness (QED) is 0.127. The number of rotatable bonds is 10. The normalized spacial score (nSPS) is 18.9. The molecule has 12 nitrogen and oxygen atoms in total. The SMILES string of the molecule is O=BN1C(=O)C2=C(c3ccc(-c4cc5c(s4)/C(=C4\CCc6cc(-c7ccc(C8=C9C(=O)N(B=O)C(c%10cccs%10)=C9C(=O)N8B=O)s7)sc64)CC5)s3)N(B=O)C(=O)C2=C1c1cccs1. The van der Waals surface area contributed by atoms with Crippen molar-refractivity contribution < 1.29 is 38.0 Å². The molecule has 10 heterocycles. The van der Waals surface area contributed by atoms with Gasteiger partial charge in [0.1, 0.15) is 0 Å². The first-order chi connectivity index (χ1) is 31.2. The van der Waals surface area contributed by atoms with Crippen LogP contribution in [0.3, 0.4) is 0 Å². The molecule has 0 aromatic carbocycles. The van der Waals surface area contributed by atoms with Crippen LogP contribution in [0.15, 0.2) is 93.7 Å². The Balaban J connectivity index is 0.865. The van der Waals surface area contributed by atoms with Crippen LogP contribution in [0.25, 0.3) is 53.4 Å². The van der Waals surface area contributed by atoms with Gasteiger partial charge in [0.05, 0.1) is 0 Å². The van der Waals surface area contributed by atoms with Gasteiger partial charge in [-0.1, -0.05) is 0 Å². The molecule has 0 fully saturated rings. The fourth-order valence-corrected chi connectivity index (χ4v) is 15.8. The summed E-state index contributed by atoms with van der Waals surface area (Å²) < 4.78 is 49.1. The third-order valence-corrected chi connectivity index (χ3v) is 18.9. The molecule has 0 saturated heterocycles. The van der Waals surface area contributed by atoms with Crippen LogP contribution in [0.1, 0.15) is 53.2 Å². The zero-order valence-corrected chi connectivity index (χ0v) is 37.5. The summed E-state index contributed by atoms with van der Waals surface area (Å²) in [7, 11) is 1.67. The minimum absolute atomic E-state index is 0.0478. The molecule has 0 saturated carbocycles. The summed E-state index contributed by atoms with van der Waals surface area (Å²) in [4.78, 5) is 67.2. The molecule has 4 amide bonds. The van der Waals surface area contributed by atoms with Crippen molar-refractivity contribution in [3.8, 4) is 19.5 Å². The van der Waals surface area contributed by atoms with Crippen molar-refractivity contribution in [2.75, 3.05) is 0 Å². The Bertz CT molecular complexity index is 3160. The molecule has 22 heteroatoms. The number of hydrogen-bond donors (Lipinski definition) is 0. The Morgan fingerprint density at radius 3 is 1.06 bits per heavy atom. The number of fused-ring (bicyclic) bond motifs is 4. The Morgan fingerprint density at radius 2 is 0.734 bits per heavy atom. The third kappa shape index (κ3) is 5.53. The molecule has 2 aliphatic carbocycles. The summed E-state index contributed by atoms with van der Waals surface area (Å²) in [6.07, 6.45) is 3.59. The predicted octanol–water partition coefficient (Wildman–Crippen LogP) is 7.67. The van der Waals surface area contributed by atoms with E-state index in [0.717, 1.165) is 64.4 Å². The fourth-order valence-electron chi connectivity index (χ4n) is 9.37. The van der Waals surface area contributed by atoms with E-state index in [1.165, 1.54) is 77.4 Å². The van der Waals surface area contributed by atoms with Crippen molar-refractivity contribution in [1.82, 2.24) is 19.2 Å². The van der Waals surface area contributed by atoms with Gasteiger partial charge in [-0.05, 0) is 0 Å². The maximum absolute atomic E-state index is 13.7. The molecule has 0 radical (unpaired) electrons. The molecule has 304 valence electrons. The summed E-state index contributed by atoms with van der Waals surface area (Å²) in [6, 6.07) is 18.9. The van der Waals surface area contributed by atoms with Crippen LogP contribution >= 0.6 is 68.0 Å². The van der Waals surface area contributed by atoms with Gasteiger partial charge in [-0.25, -0.2) is 0 Å². The molecule has 6 aromatic rings. The molecule has 64 heavy (non-hydrogen) atoms. The number of carbonyl (C=O) groups is 4. The number of hydrogen-bond acceptors (Lipinski definition) is 14. The van der Waals surface area contributed by atoms with Crippen LogP contribution in [0, 0.1) is 0 Å². The van der Waals surface area contributed by atoms with Crippen LogP contribution in [0.2, 0.25) is 0 Å². The van der Waals surface area contributed by atoms with Gasteiger partial charge >= 0.3 is 391 Å². The van der Waals surface area contributed by atoms with Crippen LogP contribution in [0.4, 0.5) is 0 Å². The summed E-state index contributed by atoms with van der Waals surface area (Å²) in [6.45, 7) is 0. The second-order valence-electron chi connectivity index (χ2n) is 15.2. The van der Waals surface area contributed by atoms with Crippen LogP contribution in [0.5, 0.6) is 0 Å². The zero-order valence-electron chi connectivity index (χ0n) is 32.6. The second kappa shape index (κ2) is 14.9. The average molecular weight is 944 g/mol. The Labute approximate surface area is 388 Å². The van der Waals surface area contributed by atoms with Crippen molar-refractivity contribution in [3.63, 3.8) is 0 Å². The van der Waals surface area contributed by atoms with Gasteiger partial charge in [0, 0.05) is 0 Å². The van der Waals surface area contributed by atoms with Crippen LogP contribution in [-0.2, 0) is 50.8 Å². The second-order valence-corrected chi connectivity index (χ2v) is 21.4. The van der Waals surface area contributed by atoms with Gasteiger partial charge in [0.15, 0.2) is 0 Å². The van der Waals surface area contributed by atoms with Gasteiger partial charge in [0.25, 0.3) is 0 Å². The fraction of sp³-hybridized carbons (Fsp3) is 0.0952. The number of thiophene rings is 6. The van der Waals surface area contributed by atoms with E-state index in [1.54, 1.807) is 57.7 Å². The van der Waals surface area contributed by atoms with E-state index in [4.69, 9.17) is 0 Å². The van der Waals surface area contributed by atoms with Gasteiger partial charge in [-0.2, -0.15) is 0 Å². The number of carbonyl (C=O) groups excluding carboxylic acids is 4. The summed E-state index contributed by atoms with van der Waals surface area (Å²) >= 11 is 8.77. The summed E-state index contributed by atoms with van der Waals surface area (Å²) in [5.41, 5.74) is 6.09. The van der Waals surface area contributed by atoms with E-state index in [1.807, 2.05) is 24.3 Å². The molecule has 0 atom stereocenters. The zero-order chi connectivity index (χ0) is 43.7. The molecule has 0 unspecified atom stereocenters. The Morgan fingerprint density at radius 1 is 0.391 bits per heavy atom. The molecular formula is C42H20B4N4O8S6. The Kier molecular flexibility index (Phi) is 9.26. The standard InChI is InChI=1S/C42H20B4N4O8S6/c51-39-29-31(41(53)47(43-55)33(29)23-3-1-13-59-23)35(49(39)45-57)25-11-9-21(61-25)27-15-17-5-7-19(37(17)63-27)20-8-6-18-16-28(64-38(18)20)22-10-12-26(62-22)36-32-30(40(52)50(36)46-58)34(24-4-2-14-60-24)48(44-56)42(32)54/h1-4,9-16H,5-8H2/b20-19+. The van der Waals surface area contributed by atoms with Gasteiger partial charge in [-0.15, -0.1) is 0 Å². The molecule has 12 rings (SSSR count). The minimum atomic E-state index is -0.644. The molecule has 0 bridgehead atoms. The number of nitrogens with zero attached hydrogens (tertiary/aromatic N) is 4. The van der Waals surface area contributed by atoms with Crippen molar-refractivity contribution in [2.45, 2.75) is 25.7 Å². The van der Waals surface area contributed by atoms with E-state index in [0.29, 0.717) is 48.6 Å². The monoisotopic (exact) mass is 944 g/mol. The molecule has 6 aromatic heterocycles. The number of amides is 4. The van der Waals surface area contributed by atoms with E-state index in [-0.39, 0.29) is 45.1 Å². The summed E-state index contributed by atoms with van der Waals surface area (Å²) in [5.74, 6) is -2.58. The first-order valence-electron chi connectivity index (χ1n) is 19.6. The summed E-state index contributed by atoms with van der Waals surface area (Å²) in [5, 5.41) is 3.58. The maximum atomic E-state index is 13.7. The van der Waals surface area contributed by atoms with Crippen molar-refractivity contribution in [1.29, 1.82) is 0 Å². The van der Waals surface area contributed by atoms with Gasteiger partial charge in [0.2, 0.25) is 0 Å². The van der Waals surface area contributed by atoms with E-state index in [2.05, 4.69) is 12.1 Å². The van der Waals surface area contributed by atoms with Crippen molar-refractivity contribution in [2.24, 2.45) is 0 Å². The topological polar surface area (TPSA) is 150 Å². The van der Waals surface area contributed by atoms with E-state index < -0.39 is 23.6 Å². The molecule has 0 spiro atoms. The number of aryl methyl sites for hydroxylation is 2. The van der Waals surface area contributed by atoms with Crippen molar-refractivity contribution in [3.05, 3.63) is 134 Å². The van der Waals surface area contributed by atoms with Crippen molar-refractivity contribution >= 4 is 155 Å². The molecule has 4 aliphatic heterocycles. The molecular weight excluding hydrogens is 924 g/mol. The molecule has 6 aliphatic rings. The van der Waals surface area contributed by atoms with Gasteiger partial charge < -0.3 is 0 Å². The third-order valence-electron chi connectivity index (χ3n) is 12.1. The predicted molar refractivity (Wildman–Crippen MR) is 248 cm³/mol. The molecule has 0 N–H and O–H groups in total. The average Bonchev–Trinajstić information content (AvgIpc) is 4.11. The first kappa shape index (κ1) is 39.8. The first-order valence-corrected chi connectivity index (χ1v) is 24.7. The van der Waals surface area contributed by atoms with Crippen LogP contribution < -0.4 is 0 Å². The van der Waals surface area contributed by atoms with E-state index >= 15 is 0 Å². The Hall–Kier alpha value is -5.76. The number of allylic oxidation sites excluding steroid dienone is 2.